The maximum atomic E-state index is 13.9. The zero-order chi connectivity index (χ0) is 13.1. The molecule has 0 atom stereocenters. The number of rotatable bonds is 4. The first-order chi connectivity index (χ1) is 8.61. The molecule has 2 aromatic heterocycles. The lowest BCUT2D eigenvalue weighted by molar-refractivity contribution is 0.275. The molecule has 0 spiro atoms. The molecule has 5 heteroatoms. The van der Waals surface area contributed by atoms with Gasteiger partial charge < -0.3 is 14.4 Å². The van der Waals surface area contributed by atoms with E-state index >= 15 is 0 Å². The highest BCUT2D eigenvalue weighted by Crippen LogP contribution is 2.20. The Balaban J connectivity index is 2.21. The van der Waals surface area contributed by atoms with E-state index < -0.39 is 5.82 Å². The van der Waals surface area contributed by atoms with Gasteiger partial charge in [0, 0.05) is 18.8 Å². The number of hydrogen-bond acceptors (Lipinski definition) is 4. The summed E-state index contributed by atoms with van der Waals surface area (Å²) < 4.78 is 19.4. The van der Waals surface area contributed by atoms with Crippen LogP contribution in [0, 0.1) is 12.7 Å². The Morgan fingerprint density at radius 1 is 1.39 bits per heavy atom. The molecule has 96 valence electrons. The van der Waals surface area contributed by atoms with Gasteiger partial charge in [-0.15, -0.1) is 0 Å². The minimum absolute atomic E-state index is 0.204. The first-order valence-electron chi connectivity index (χ1n) is 5.62. The topological polar surface area (TPSA) is 49.5 Å². The van der Waals surface area contributed by atoms with Crippen molar-refractivity contribution in [2.45, 2.75) is 20.1 Å². The van der Waals surface area contributed by atoms with Crippen LogP contribution < -0.4 is 4.90 Å². The fourth-order valence-corrected chi connectivity index (χ4v) is 1.74. The highest BCUT2D eigenvalue weighted by Gasteiger charge is 2.14. The Labute approximate surface area is 105 Å². The molecule has 0 unspecified atom stereocenters. The third kappa shape index (κ3) is 2.51. The molecule has 2 aromatic rings. The number of aliphatic hydroxyl groups excluding tert-OH is 1. The van der Waals surface area contributed by atoms with E-state index in [1.807, 2.05) is 19.1 Å². The van der Waals surface area contributed by atoms with Crippen molar-refractivity contribution in [1.29, 1.82) is 0 Å². The molecule has 0 aromatic carbocycles. The Morgan fingerprint density at radius 3 is 2.78 bits per heavy atom. The van der Waals surface area contributed by atoms with Crippen molar-refractivity contribution in [3.8, 4) is 0 Å². The predicted octanol–water partition coefficient (Wildman–Crippen LogP) is 2.25. The van der Waals surface area contributed by atoms with Crippen LogP contribution >= 0.6 is 0 Å². The summed E-state index contributed by atoms with van der Waals surface area (Å²) in [5.41, 5.74) is 0.238. The lowest BCUT2D eigenvalue weighted by atomic mass is 10.2. The number of nitrogens with zero attached hydrogens (tertiary/aromatic N) is 2. The molecule has 0 radical (unpaired) electrons. The lowest BCUT2D eigenvalue weighted by Gasteiger charge is -2.18. The van der Waals surface area contributed by atoms with Gasteiger partial charge in [0.05, 0.1) is 13.2 Å². The second kappa shape index (κ2) is 5.18. The van der Waals surface area contributed by atoms with Crippen LogP contribution in [0.4, 0.5) is 10.2 Å². The van der Waals surface area contributed by atoms with Crippen molar-refractivity contribution in [2.24, 2.45) is 0 Å². The molecular formula is C13H15FN2O2. The van der Waals surface area contributed by atoms with Crippen LogP contribution in [0.2, 0.25) is 0 Å². The van der Waals surface area contributed by atoms with Gasteiger partial charge in [-0.25, -0.2) is 9.37 Å². The van der Waals surface area contributed by atoms with Gasteiger partial charge >= 0.3 is 0 Å². The highest BCUT2D eigenvalue weighted by atomic mass is 19.1. The number of aryl methyl sites for hydroxylation is 1. The summed E-state index contributed by atoms with van der Waals surface area (Å²) in [4.78, 5) is 5.63. The van der Waals surface area contributed by atoms with Crippen molar-refractivity contribution < 1.29 is 13.9 Å². The number of pyridine rings is 1. The van der Waals surface area contributed by atoms with Gasteiger partial charge in [0.15, 0.2) is 11.6 Å². The van der Waals surface area contributed by atoms with E-state index in [1.165, 1.54) is 12.3 Å². The first-order valence-corrected chi connectivity index (χ1v) is 5.62. The third-order valence-corrected chi connectivity index (χ3v) is 2.67. The van der Waals surface area contributed by atoms with Gasteiger partial charge in [0.2, 0.25) is 0 Å². The van der Waals surface area contributed by atoms with E-state index in [1.54, 1.807) is 11.9 Å². The van der Waals surface area contributed by atoms with E-state index in [0.29, 0.717) is 6.54 Å². The standard InChI is InChI=1S/C13H15FN2O2/c1-9-3-4-11(18-9)7-16(2)13-12(14)10(8-17)5-6-15-13/h3-6,17H,7-8H2,1-2H3. The Bertz CT molecular complexity index is 540. The smallest absolute Gasteiger partial charge is 0.171 e. The number of anilines is 1. The molecule has 0 saturated heterocycles. The van der Waals surface area contributed by atoms with Gasteiger partial charge in [-0.3, -0.25) is 0 Å². The van der Waals surface area contributed by atoms with Crippen LogP contribution in [-0.2, 0) is 13.2 Å². The first kappa shape index (κ1) is 12.6. The van der Waals surface area contributed by atoms with Gasteiger partial charge in [-0.1, -0.05) is 0 Å². The zero-order valence-electron chi connectivity index (χ0n) is 10.4. The number of aliphatic hydroxyl groups is 1. The molecule has 4 nitrogen and oxygen atoms in total. The zero-order valence-corrected chi connectivity index (χ0v) is 10.4. The van der Waals surface area contributed by atoms with Crippen LogP contribution in [0.1, 0.15) is 17.1 Å². The average molecular weight is 250 g/mol. The molecule has 0 bridgehead atoms. The third-order valence-electron chi connectivity index (χ3n) is 2.67. The predicted molar refractivity (Wildman–Crippen MR) is 65.7 cm³/mol. The highest BCUT2D eigenvalue weighted by molar-refractivity contribution is 5.42. The molecule has 0 aliphatic rings. The molecule has 1 N–H and O–H groups in total. The fourth-order valence-electron chi connectivity index (χ4n) is 1.74. The van der Waals surface area contributed by atoms with Crippen LogP contribution in [0.5, 0.6) is 0 Å². The maximum absolute atomic E-state index is 13.9. The van der Waals surface area contributed by atoms with Crippen molar-refractivity contribution in [1.82, 2.24) is 4.98 Å². The second-order valence-corrected chi connectivity index (χ2v) is 4.13. The number of furan rings is 1. The Kier molecular flexibility index (Phi) is 3.62. The van der Waals surface area contributed by atoms with Gasteiger partial charge in [-0.05, 0) is 25.1 Å². The number of aromatic nitrogens is 1. The lowest BCUT2D eigenvalue weighted by Crippen LogP contribution is -2.19. The molecule has 2 rings (SSSR count). The minimum atomic E-state index is -0.495. The van der Waals surface area contributed by atoms with Crippen LogP contribution in [0.3, 0.4) is 0 Å². The average Bonchev–Trinajstić information content (AvgIpc) is 2.75. The molecule has 0 fully saturated rings. The van der Waals surface area contributed by atoms with Crippen molar-refractivity contribution in [2.75, 3.05) is 11.9 Å². The molecular weight excluding hydrogens is 235 g/mol. The van der Waals surface area contributed by atoms with Gasteiger partial charge in [0.25, 0.3) is 0 Å². The Hall–Kier alpha value is -1.88. The molecule has 0 amide bonds. The number of hydrogen-bond donors (Lipinski definition) is 1. The molecule has 2 heterocycles. The maximum Gasteiger partial charge on any atom is 0.171 e. The number of halogens is 1. The molecule has 18 heavy (non-hydrogen) atoms. The van der Waals surface area contributed by atoms with Crippen molar-refractivity contribution >= 4 is 5.82 Å². The van der Waals surface area contributed by atoms with Crippen LogP contribution in [0.25, 0.3) is 0 Å². The van der Waals surface area contributed by atoms with Crippen LogP contribution in [-0.4, -0.2) is 17.1 Å². The van der Waals surface area contributed by atoms with Crippen LogP contribution in [0.15, 0.2) is 28.8 Å². The summed E-state index contributed by atoms with van der Waals surface area (Å²) in [5, 5.41) is 9.01. The van der Waals surface area contributed by atoms with E-state index in [0.717, 1.165) is 11.5 Å². The second-order valence-electron chi connectivity index (χ2n) is 4.13. The normalized spacial score (nSPS) is 10.7. The summed E-state index contributed by atoms with van der Waals surface area (Å²) in [6, 6.07) is 5.17. The van der Waals surface area contributed by atoms with Crippen molar-refractivity contribution in [3.63, 3.8) is 0 Å². The molecule has 0 aliphatic heterocycles. The van der Waals surface area contributed by atoms with E-state index in [9.17, 15) is 4.39 Å². The largest absolute Gasteiger partial charge is 0.464 e. The van der Waals surface area contributed by atoms with E-state index in [4.69, 9.17) is 9.52 Å². The summed E-state index contributed by atoms with van der Waals surface area (Å²) >= 11 is 0. The molecule has 0 aliphatic carbocycles. The Morgan fingerprint density at radius 2 is 2.17 bits per heavy atom. The summed E-state index contributed by atoms with van der Waals surface area (Å²) in [6.07, 6.45) is 1.48. The van der Waals surface area contributed by atoms with Gasteiger partial charge in [-0.2, -0.15) is 0 Å². The molecule has 0 saturated carbocycles. The monoisotopic (exact) mass is 250 g/mol. The summed E-state index contributed by atoms with van der Waals surface area (Å²) in [6.45, 7) is 1.94. The van der Waals surface area contributed by atoms with Gasteiger partial charge in [0.1, 0.15) is 11.5 Å². The summed E-state index contributed by atoms with van der Waals surface area (Å²) in [5.74, 6) is 1.27. The SMILES string of the molecule is Cc1ccc(CN(C)c2nccc(CO)c2F)o1. The summed E-state index contributed by atoms with van der Waals surface area (Å²) in [7, 11) is 1.73. The fraction of sp³-hybridized carbons (Fsp3) is 0.308. The quantitative estimate of drug-likeness (QED) is 0.904. The minimum Gasteiger partial charge on any atom is -0.464 e. The van der Waals surface area contributed by atoms with E-state index in [2.05, 4.69) is 4.98 Å². The van der Waals surface area contributed by atoms with Crippen molar-refractivity contribution in [3.05, 3.63) is 47.3 Å². The van der Waals surface area contributed by atoms with E-state index in [-0.39, 0.29) is 18.0 Å².